The maximum Gasteiger partial charge on any atom is 0.338 e. The third-order valence-electron chi connectivity index (χ3n) is 3.06. The van der Waals surface area contributed by atoms with Crippen LogP contribution in [-0.4, -0.2) is 12.1 Å². The zero-order valence-corrected chi connectivity index (χ0v) is 13.3. The molecule has 0 aromatic heterocycles. The monoisotopic (exact) mass is 306 g/mol. The van der Waals surface area contributed by atoms with E-state index in [1.807, 2.05) is 18.2 Å². The van der Waals surface area contributed by atoms with E-state index in [0.29, 0.717) is 12.0 Å². The van der Waals surface area contributed by atoms with Crippen LogP contribution in [0.1, 0.15) is 49.4 Å². The summed E-state index contributed by atoms with van der Waals surface area (Å²) in [6.07, 6.45) is 10.9. The lowest BCUT2D eigenvalue weighted by Gasteiger charge is -2.12. The molecule has 1 rings (SSSR count). The highest BCUT2D eigenvalue weighted by Gasteiger charge is 2.11. The van der Waals surface area contributed by atoms with Gasteiger partial charge in [0.1, 0.15) is 6.10 Å². The Hall–Kier alpha value is -1.54. The molecule has 0 N–H and O–H groups in total. The summed E-state index contributed by atoms with van der Waals surface area (Å²) in [4.78, 5) is 12.0. The summed E-state index contributed by atoms with van der Waals surface area (Å²) in [5.41, 5.74) is 1.95. The van der Waals surface area contributed by atoms with Gasteiger partial charge >= 0.3 is 5.97 Å². The number of unbranched alkanes of at least 4 members (excludes halogenated alkanes) is 3. The second-order valence-corrected chi connectivity index (χ2v) is 5.08. The Morgan fingerprint density at radius 1 is 1.24 bits per heavy atom. The standard InChI is InChI=1S/C18H23ClO2/c1-2-3-4-5-6-10-13-17(14-15-19)21-18(20)16-11-8-7-9-12-16/h6-12,14-15,17H,2-5,13H2,1H3/b10-6?,15-14-/t17-/m1/s1. The molecule has 2 nitrogen and oxygen atoms in total. The first kappa shape index (κ1) is 17.5. The zero-order valence-electron chi connectivity index (χ0n) is 12.5. The van der Waals surface area contributed by atoms with E-state index in [1.54, 1.807) is 18.2 Å². The molecule has 1 aromatic rings. The van der Waals surface area contributed by atoms with Crippen LogP contribution in [0.25, 0.3) is 0 Å². The smallest absolute Gasteiger partial charge is 0.338 e. The van der Waals surface area contributed by atoms with Crippen molar-refractivity contribution in [2.75, 3.05) is 0 Å². The molecule has 0 radical (unpaired) electrons. The molecule has 21 heavy (non-hydrogen) atoms. The van der Waals surface area contributed by atoms with E-state index in [4.69, 9.17) is 16.3 Å². The molecule has 0 aliphatic heterocycles. The Bertz CT molecular complexity index is 452. The van der Waals surface area contributed by atoms with Crippen molar-refractivity contribution in [1.82, 2.24) is 0 Å². The largest absolute Gasteiger partial charge is 0.454 e. The Kier molecular flexibility index (Phi) is 9.30. The highest BCUT2D eigenvalue weighted by atomic mass is 35.5. The number of hydrogen-bond donors (Lipinski definition) is 0. The Balaban J connectivity index is 2.44. The normalized spacial score (nSPS) is 12.9. The molecule has 1 atom stereocenters. The van der Waals surface area contributed by atoms with Crippen LogP contribution in [0, 0.1) is 0 Å². The molecule has 3 heteroatoms. The van der Waals surface area contributed by atoms with E-state index in [1.165, 1.54) is 24.8 Å². The van der Waals surface area contributed by atoms with Crippen molar-refractivity contribution in [2.45, 2.75) is 45.1 Å². The second kappa shape index (κ2) is 11.2. The van der Waals surface area contributed by atoms with Gasteiger partial charge in [0.2, 0.25) is 0 Å². The Labute approximate surface area is 132 Å². The van der Waals surface area contributed by atoms with Gasteiger partial charge in [-0.1, -0.05) is 61.7 Å². The lowest BCUT2D eigenvalue weighted by atomic mass is 10.1. The summed E-state index contributed by atoms with van der Waals surface area (Å²) in [6.45, 7) is 2.19. The third kappa shape index (κ3) is 7.72. The van der Waals surface area contributed by atoms with Gasteiger partial charge in [0.05, 0.1) is 5.56 Å². The van der Waals surface area contributed by atoms with Crippen molar-refractivity contribution < 1.29 is 9.53 Å². The summed E-state index contributed by atoms with van der Waals surface area (Å²) in [7, 11) is 0. The quantitative estimate of drug-likeness (QED) is 0.342. The number of carbonyl (C=O) groups is 1. The topological polar surface area (TPSA) is 26.3 Å². The summed E-state index contributed by atoms with van der Waals surface area (Å²) in [5, 5.41) is 0. The molecule has 114 valence electrons. The molecule has 0 saturated carbocycles. The third-order valence-corrected chi connectivity index (χ3v) is 3.21. The lowest BCUT2D eigenvalue weighted by molar-refractivity contribution is 0.0400. The number of benzene rings is 1. The highest BCUT2D eigenvalue weighted by Crippen LogP contribution is 2.10. The molecule has 0 unspecified atom stereocenters. The van der Waals surface area contributed by atoms with Crippen molar-refractivity contribution in [2.24, 2.45) is 0 Å². The van der Waals surface area contributed by atoms with Crippen LogP contribution in [0.15, 0.2) is 54.1 Å². The maximum absolute atomic E-state index is 12.0. The molecular formula is C18H23ClO2. The number of ether oxygens (including phenoxy) is 1. The SMILES string of the molecule is CCCCCC=CC[C@H](/C=C\Cl)OC(=O)c1ccccc1. The summed E-state index contributed by atoms with van der Waals surface area (Å²) >= 11 is 5.61. The average molecular weight is 307 g/mol. The van der Waals surface area contributed by atoms with Crippen molar-refractivity contribution in [1.29, 1.82) is 0 Å². The van der Waals surface area contributed by atoms with E-state index in [2.05, 4.69) is 19.1 Å². The number of halogens is 1. The molecule has 0 aliphatic rings. The molecular weight excluding hydrogens is 284 g/mol. The molecule has 0 saturated heterocycles. The Morgan fingerprint density at radius 2 is 2.00 bits per heavy atom. The molecule has 0 fully saturated rings. The fourth-order valence-electron chi connectivity index (χ4n) is 1.89. The van der Waals surface area contributed by atoms with E-state index in [0.717, 1.165) is 6.42 Å². The fraction of sp³-hybridized carbons (Fsp3) is 0.389. The van der Waals surface area contributed by atoms with Gasteiger partial charge in [0.25, 0.3) is 0 Å². The van der Waals surface area contributed by atoms with E-state index >= 15 is 0 Å². The summed E-state index contributed by atoms with van der Waals surface area (Å²) in [6, 6.07) is 8.98. The first-order valence-corrected chi connectivity index (χ1v) is 7.89. The first-order chi connectivity index (χ1) is 10.3. The maximum atomic E-state index is 12.0. The molecule has 1 aromatic carbocycles. The van der Waals surface area contributed by atoms with Crippen molar-refractivity contribution >= 4 is 17.6 Å². The minimum absolute atomic E-state index is 0.322. The van der Waals surface area contributed by atoms with Crippen LogP contribution in [0.4, 0.5) is 0 Å². The number of rotatable bonds is 9. The van der Waals surface area contributed by atoms with Gasteiger partial charge in [-0.2, -0.15) is 0 Å². The van der Waals surface area contributed by atoms with E-state index in [-0.39, 0.29) is 12.1 Å². The van der Waals surface area contributed by atoms with Crippen LogP contribution < -0.4 is 0 Å². The average Bonchev–Trinajstić information content (AvgIpc) is 2.51. The van der Waals surface area contributed by atoms with Crippen molar-refractivity contribution in [3.05, 3.63) is 59.7 Å². The predicted octanol–water partition coefficient (Wildman–Crippen LogP) is 5.49. The fourth-order valence-corrected chi connectivity index (χ4v) is 2.05. The van der Waals surface area contributed by atoms with Gasteiger partial charge in [-0.3, -0.25) is 0 Å². The van der Waals surface area contributed by atoms with Gasteiger partial charge in [-0.05, 0) is 31.1 Å². The summed E-state index contributed by atoms with van der Waals surface area (Å²) in [5.74, 6) is -0.324. The summed E-state index contributed by atoms with van der Waals surface area (Å²) < 4.78 is 5.44. The van der Waals surface area contributed by atoms with Crippen LogP contribution in [-0.2, 0) is 4.74 Å². The number of hydrogen-bond acceptors (Lipinski definition) is 2. The van der Waals surface area contributed by atoms with Gasteiger partial charge in [0, 0.05) is 12.0 Å². The molecule has 0 bridgehead atoms. The zero-order chi connectivity index (χ0) is 15.3. The van der Waals surface area contributed by atoms with Gasteiger partial charge in [0.15, 0.2) is 0 Å². The minimum atomic E-state index is -0.324. The van der Waals surface area contributed by atoms with Crippen LogP contribution >= 0.6 is 11.6 Å². The van der Waals surface area contributed by atoms with Crippen LogP contribution in [0.2, 0.25) is 0 Å². The Morgan fingerprint density at radius 3 is 2.67 bits per heavy atom. The van der Waals surface area contributed by atoms with Gasteiger partial charge in [-0.15, -0.1) is 0 Å². The van der Waals surface area contributed by atoms with Gasteiger partial charge in [-0.25, -0.2) is 4.79 Å². The number of esters is 1. The molecule has 0 aliphatic carbocycles. The van der Waals surface area contributed by atoms with E-state index in [9.17, 15) is 4.79 Å². The van der Waals surface area contributed by atoms with Crippen LogP contribution in [0.5, 0.6) is 0 Å². The van der Waals surface area contributed by atoms with E-state index < -0.39 is 0 Å². The molecule has 0 spiro atoms. The number of allylic oxidation sites excluding steroid dienone is 1. The minimum Gasteiger partial charge on any atom is -0.454 e. The molecule has 0 heterocycles. The number of carbonyl (C=O) groups excluding carboxylic acids is 1. The van der Waals surface area contributed by atoms with Crippen LogP contribution in [0.3, 0.4) is 0 Å². The second-order valence-electron chi connectivity index (χ2n) is 4.83. The highest BCUT2D eigenvalue weighted by molar-refractivity contribution is 6.25. The van der Waals surface area contributed by atoms with Gasteiger partial charge < -0.3 is 4.74 Å². The van der Waals surface area contributed by atoms with Crippen molar-refractivity contribution in [3.63, 3.8) is 0 Å². The van der Waals surface area contributed by atoms with Crippen molar-refractivity contribution in [3.8, 4) is 0 Å². The predicted molar refractivity (Wildman–Crippen MR) is 88.5 cm³/mol. The molecule has 0 amide bonds. The lowest BCUT2D eigenvalue weighted by Crippen LogP contribution is -2.15. The first-order valence-electron chi connectivity index (χ1n) is 7.45.